The Bertz CT molecular complexity index is 891. The van der Waals surface area contributed by atoms with Crippen LogP contribution >= 0.6 is 0 Å². The van der Waals surface area contributed by atoms with Gasteiger partial charge in [0, 0.05) is 0 Å². The average molecular weight is 354 g/mol. The summed E-state index contributed by atoms with van der Waals surface area (Å²) in [5.74, 6) is 0.165. The van der Waals surface area contributed by atoms with Crippen molar-refractivity contribution < 1.29 is 12.6 Å². The molecule has 2 aromatic rings. The van der Waals surface area contributed by atoms with Crippen molar-refractivity contribution >= 4 is 16.2 Å². The predicted octanol–water partition coefficient (Wildman–Crippen LogP) is 4.68. The third-order valence-electron chi connectivity index (χ3n) is 4.92. The molecule has 0 bridgehead atoms. The van der Waals surface area contributed by atoms with E-state index in [9.17, 15) is 8.42 Å². The summed E-state index contributed by atoms with van der Waals surface area (Å²) in [4.78, 5) is 0.201. The number of allylic oxidation sites excluding steroid dienone is 1. The Morgan fingerprint density at radius 2 is 1.68 bits per heavy atom. The molecule has 4 heteroatoms. The molecular weight excluding hydrogens is 332 g/mol. The molecule has 1 aliphatic carbocycles. The van der Waals surface area contributed by atoms with E-state index in [1.165, 1.54) is 5.57 Å². The van der Waals surface area contributed by atoms with Gasteiger partial charge in [-0.15, -0.1) is 5.73 Å². The van der Waals surface area contributed by atoms with E-state index in [4.69, 9.17) is 4.18 Å². The smallest absolute Gasteiger partial charge is 0.266 e. The molecule has 1 unspecified atom stereocenters. The maximum Gasteiger partial charge on any atom is 0.296 e. The van der Waals surface area contributed by atoms with Crippen molar-refractivity contribution in [1.82, 2.24) is 0 Å². The van der Waals surface area contributed by atoms with Crippen LogP contribution in [0.5, 0.6) is 0 Å². The molecule has 0 radical (unpaired) electrons. The van der Waals surface area contributed by atoms with Gasteiger partial charge in [-0.3, -0.25) is 4.18 Å². The van der Waals surface area contributed by atoms with E-state index in [1.807, 2.05) is 36.4 Å². The van der Waals surface area contributed by atoms with Crippen LogP contribution < -0.4 is 0 Å². The van der Waals surface area contributed by atoms with Crippen molar-refractivity contribution in [1.29, 1.82) is 0 Å². The summed E-state index contributed by atoms with van der Waals surface area (Å²) < 4.78 is 29.7. The van der Waals surface area contributed by atoms with E-state index in [0.29, 0.717) is 0 Å². The highest BCUT2D eigenvalue weighted by molar-refractivity contribution is 7.86. The van der Waals surface area contributed by atoms with Crippen LogP contribution in [0.15, 0.2) is 76.9 Å². The first-order valence-electron chi connectivity index (χ1n) is 8.35. The predicted molar refractivity (Wildman–Crippen MR) is 99.4 cm³/mol. The molecule has 0 aliphatic heterocycles. The molecule has 1 saturated carbocycles. The Morgan fingerprint density at radius 1 is 1.08 bits per heavy atom. The Balaban J connectivity index is 1.66. The highest BCUT2D eigenvalue weighted by Crippen LogP contribution is 2.50. The van der Waals surface area contributed by atoms with Gasteiger partial charge in [-0.05, 0) is 47.1 Å². The molecule has 0 heterocycles. The highest BCUT2D eigenvalue weighted by atomic mass is 32.2. The third-order valence-corrected chi connectivity index (χ3v) is 6.21. The van der Waals surface area contributed by atoms with Crippen LogP contribution in [0, 0.1) is 11.3 Å². The number of rotatable bonds is 5. The van der Waals surface area contributed by atoms with Gasteiger partial charge in [0.25, 0.3) is 10.1 Å². The van der Waals surface area contributed by atoms with E-state index in [1.54, 1.807) is 30.3 Å². The first-order valence-corrected chi connectivity index (χ1v) is 9.76. The summed E-state index contributed by atoms with van der Waals surface area (Å²) in [7, 11) is -3.69. The van der Waals surface area contributed by atoms with Crippen LogP contribution in [0.2, 0.25) is 0 Å². The standard InChI is InChI=1S/C21H22O3S/c1-21(2)18(14-13-17-9-5-3-6-10-17)15-19(21)16-24-25(22,23)20-11-7-4-8-12-20/h3-13,19H,15-16H2,1-2H3. The molecule has 0 aromatic heterocycles. The van der Waals surface area contributed by atoms with Crippen molar-refractivity contribution in [2.24, 2.45) is 11.3 Å². The zero-order valence-corrected chi connectivity index (χ0v) is 15.3. The molecule has 3 rings (SSSR count). The average Bonchev–Trinajstić information content (AvgIpc) is 2.62. The van der Waals surface area contributed by atoms with Crippen molar-refractivity contribution in [2.45, 2.75) is 25.2 Å². The van der Waals surface area contributed by atoms with Gasteiger partial charge in [-0.25, -0.2) is 0 Å². The molecule has 3 nitrogen and oxygen atoms in total. The van der Waals surface area contributed by atoms with Crippen LogP contribution in [0.4, 0.5) is 0 Å². The summed E-state index contributed by atoms with van der Waals surface area (Å²) in [5.41, 5.74) is 5.56. The molecule has 130 valence electrons. The second-order valence-corrected chi connectivity index (χ2v) is 8.47. The van der Waals surface area contributed by atoms with Gasteiger partial charge in [-0.2, -0.15) is 8.42 Å². The van der Waals surface area contributed by atoms with Crippen molar-refractivity contribution in [3.05, 3.63) is 77.5 Å². The van der Waals surface area contributed by atoms with Gasteiger partial charge in [0.05, 0.1) is 11.5 Å². The maximum atomic E-state index is 12.2. The monoisotopic (exact) mass is 354 g/mol. The summed E-state index contributed by atoms with van der Waals surface area (Å²) in [5, 5.41) is 0. The largest absolute Gasteiger partial charge is 0.296 e. The summed E-state index contributed by atoms with van der Waals surface area (Å²) in [6, 6.07) is 18.3. The normalized spacial score (nSPS) is 19.0. The van der Waals surface area contributed by atoms with Crippen LogP contribution in [-0.2, 0) is 14.3 Å². The molecular formula is C21H22O3S. The van der Waals surface area contributed by atoms with E-state index >= 15 is 0 Å². The lowest BCUT2D eigenvalue weighted by atomic mass is 9.59. The molecule has 1 atom stereocenters. The van der Waals surface area contributed by atoms with Crippen LogP contribution in [0.3, 0.4) is 0 Å². The van der Waals surface area contributed by atoms with Crippen molar-refractivity contribution in [2.75, 3.05) is 6.61 Å². The molecule has 0 amide bonds. The summed E-state index contributed by atoms with van der Waals surface area (Å²) in [6.45, 7) is 4.42. The van der Waals surface area contributed by atoms with Crippen LogP contribution in [-0.4, -0.2) is 15.0 Å². The Hall–Kier alpha value is -2.13. The first-order chi connectivity index (χ1) is 11.9. The molecule has 1 fully saturated rings. The van der Waals surface area contributed by atoms with Gasteiger partial charge in [0.15, 0.2) is 0 Å². The Labute approximate surface area is 149 Å². The minimum atomic E-state index is -3.69. The molecule has 0 N–H and O–H groups in total. The molecule has 1 aliphatic rings. The van der Waals surface area contributed by atoms with Gasteiger partial charge in [0.1, 0.15) is 0 Å². The number of hydrogen-bond donors (Lipinski definition) is 0. The quantitative estimate of drug-likeness (QED) is 0.578. The molecule has 0 saturated heterocycles. The highest BCUT2D eigenvalue weighted by Gasteiger charge is 2.44. The summed E-state index contributed by atoms with van der Waals surface area (Å²) >= 11 is 0. The van der Waals surface area contributed by atoms with Gasteiger partial charge in [-0.1, -0.05) is 62.4 Å². The van der Waals surface area contributed by atoms with E-state index in [2.05, 4.69) is 19.6 Å². The van der Waals surface area contributed by atoms with Crippen molar-refractivity contribution in [3.8, 4) is 0 Å². The van der Waals surface area contributed by atoms with E-state index < -0.39 is 10.1 Å². The lowest BCUT2D eigenvalue weighted by Gasteiger charge is -2.45. The summed E-state index contributed by atoms with van der Waals surface area (Å²) in [6.07, 6.45) is 2.79. The van der Waals surface area contributed by atoms with Crippen LogP contribution in [0.1, 0.15) is 25.8 Å². The zero-order valence-electron chi connectivity index (χ0n) is 14.5. The SMILES string of the molecule is CC1(C)C(=C=Cc2ccccc2)CC1COS(=O)(=O)c1ccccc1. The first kappa shape index (κ1) is 17.7. The van der Waals surface area contributed by atoms with Crippen LogP contribution in [0.25, 0.3) is 6.08 Å². The Kier molecular flexibility index (Phi) is 4.96. The fraction of sp³-hybridized carbons (Fsp3) is 0.286. The van der Waals surface area contributed by atoms with E-state index in [0.717, 1.165) is 12.0 Å². The fourth-order valence-electron chi connectivity index (χ4n) is 2.94. The lowest BCUT2D eigenvalue weighted by Crippen LogP contribution is -2.40. The second-order valence-electron chi connectivity index (χ2n) is 6.85. The molecule has 25 heavy (non-hydrogen) atoms. The topological polar surface area (TPSA) is 43.4 Å². The zero-order chi connectivity index (χ0) is 17.9. The van der Waals surface area contributed by atoms with Gasteiger partial charge in [0.2, 0.25) is 0 Å². The minimum absolute atomic E-state index is 0.114. The maximum absolute atomic E-state index is 12.2. The van der Waals surface area contributed by atoms with Gasteiger partial charge >= 0.3 is 0 Å². The Morgan fingerprint density at radius 3 is 2.28 bits per heavy atom. The van der Waals surface area contributed by atoms with E-state index in [-0.39, 0.29) is 22.8 Å². The minimum Gasteiger partial charge on any atom is -0.266 e. The number of hydrogen-bond acceptors (Lipinski definition) is 3. The third kappa shape index (κ3) is 3.93. The van der Waals surface area contributed by atoms with Crippen molar-refractivity contribution in [3.63, 3.8) is 0 Å². The van der Waals surface area contributed by atoms with Gasteiger partial charge < -0.3 is 0 Å². The second kappa shape index (κ2) is 7.01. The fourth-order valence-corrected chi connectivity index (χ4v) is 3.91. The molecule has 2 aromatic carbocycles. The lowest BCUT2D eigenvalue weighted by molar-refractivity contribution is 0.101. The molecule has 0 spiro atoms. The number of benzene rings is 2.